The summed E-state index contributed by atoms with van der Waals surface area (Å²) in [6.07, 6.45) is 8.94. The highest BCUT2D eigenvalue weighted by Crippen LogP contribution is 2.03. The van der Waals surface area contributed by atoms with Crippen LogP contribution in [0.3, 0.4) is 0 Å². The summed E-state index contributed by atoms with van der Waals surface area (Å²) in [5.74, 6) is 0. The molecule has 0 heterocycles. The van der Waals surface area contributed by atoms with Crippen molar-refractivity contribution in [1.82, 2.24) is 0 Å². The summed E-state index contributed by atoms with van der Waals surface area (Å²) in [7, 11) is 0. The molecule has 0 nitrogen and oxygen atoms in total. The molecule has 2 rings (SSSR count). The molecule has 0 aliphatic heterocycles. The molecule has 0 radical (unpaired) electrons. The SMILES string of the molecule is CC.CC.CCC1=c2ccccc2=CCC=C1. The molecule has 1 aliphatic rings. The van der Waals surface area contributed by atoms with E-state index in [4.69, 9.17) is 0 Å². The van der Waals surface area contributed by atoms with Gasteiger partial charge in [0.1, 0.15) is 0 Å². The highest BCUT2D eigenvalue weighted by molar-refractivity contribution is 5.58. The lowest BCUT2D eigenvalue weighted by atomic mass is 10.1. The molecule has 0 saturated heterocycles. The second kappa shape index (κ2) is 9.89. The molecule has 17 heavy (non-hydrogen) atoms. The minimum absolute atomic E-state index is 1.06. The molecule has 0 unspecified atom stereocenters. The zero-order valence-electron chi connectivity index (χ0n) is 12.0. The van der Waals surface area contributed by atoms with Gasteiger partial charge >= 0.3 is 0 Å². The minimum Gasteiger partial charge on any atom is -0.0804 e. The highest BCUT2D eigenvalue weighted by atomic mass is 14.0. The van der Waals surface area contributed by atoms with Gasteiger partial charge in [-0.05, 0) is 28.9 Å². The second-order valence-corrected chi connectivity index (χ2v) is 3.31. The fraction of sp³-hybridized carbons (Fsp3) is 0.412. The molecule has 0 atom stereocenters. The number of allylic oxidation sites excluding steroid dienone is 2. The molecular formula is C17H26. The molecular weight excluding hydrogens is 204 g/mol. The second-order valence-electron chi connectivity index (χ2n) is 3.31. The Balaban J connectivity index is 0.000000581. The molecule has 94 valence electrons. The Morgan fingerprint density at radius 3 is 2.29 bits per heavy atom. The lowest BCUT2D eigenvalue weighted by molar-refractivity contribution is 1.23. The third kappa shape index (κ3) is 4.60. The van der Waals surface area contributed by atoms with Gasteiger partial charge < -0.3 is 0 Å². The van der Waals surface area contributed by atoms with Crippen molar-refractivity contribution < 1.29 is 0 Å². The topological polar surface area (TPSA) is 0 Å². The van der Waals surface area contributed by atoms with Crippen LogP contribution in [0.1, 0.15) is 47.5 Å². The van der Waals surface area contributed by atoms with Crippen molar-refractivity contribution >= 4 is 11.6 Å². The summed E-state index contributed by atoms with van der Waals surface area (Å²) in [4.78, 5) is 0. The van der Waals surface area contributed by atoms with Gasteiger partial charge in [-0.15, -0.1) is 0 Å². The normalized spacial score (nSPS) is 11.9. The summed E-state index contributed by atoms with van der Waals surface area (Å²) >= 11 is 0. The van der Waals surface area contributed by atoms with Crippen LogP contribution in [0.4, 0.5) is 0 Å². The lowest BCUT2D eigenvalue weighted by Crippen LogP contribution is -2.25. The van der Waals surface area contributed by atoms with Crippen LogP contribution in [0.5, 0.6) is 0 Å². The molecule has 0 bridgehead atoms. The Morgan fingerprint density at radius 1 is 1.00 bits per heavy atom. The monoisotopic (exact) mass is 230 g/mol. The van der Waals surface area contributed by atoms with Gasteiger partial charge in [0.05, 0.1) is 0 Å². The quantitative estimate of drug-likeness (QED) is 0.683. The van der Waals surface area contributed by atoms with E-state index in [1.807, 2.05) is 27.7 Å². The van der Waals surface area contributed by atoms with Crippen molar-refractivity contribution in [3.05, 3.63) is 46.9 Å². The number of rotatable bonds is 1. The first-order chi connectivity index (χ1) is 8.42. The predicted octanol–water partition coefficient (Wildman–Crippen LogP) is 4.04. The molecule has 0 saturated carbocycles. The van der Waals surface area contributed by atoms with Crippen molar-refractivity contribution in [3.8, 4) is 0 Å². The molecule has 0 heteroatoms. The molecule has 1 aromatic rings. The lowest BCUT2D eigenvalue weighted by Gasteiger charge is -1.96. The van der Waals surface area contributed by atoms with Crippen molar-refractivity contribution in [2.45, 2.75) is 47.5 Å². The van der Waals surface area contributed by atoms with Gasteiger partial charge in [-0.1, -0.05) is 77.1 Å². The summed E-state index contributed by atoms with van der Waals surface area (Å²) in [5.41, 5.74) is 1.45. The van der Waals surface area contributed by atoms with Crippen LogP contribution in [0, 0.1) is 0 Å². The van der Waals surface area contributed by atoms with Crippen molar-refractivity contribution in [1.29, 1.82) is 0 Å². The van der Waals surface area contributed by atoms with Gasteiger partial charge in [-0.2, -0.15) is 0 Å². The molecule has 0 amide bonds. The fourth-order valence-electron chi connectivity index (χ4n) is 1.77. The molecule has 1 aromatic carbocycles. The van der Waals surface area contributed by atoms with Gasteiger partial charge in [0, 0.05) is 0 Å². The summed E-state index contributed by atoms with van der Waals surface area (Å²) in [5, 5.41) is 2.78. The number of benzene rings is 1. The van der Waals surface area contributed by atoms with Crippen LogP contribution < -0.4 is 10.4 Å². The van der Waals surface area contributed by atoms with Crippen LogP contribution in [0.2, 0.25) is 0 Å². The molecule has 0 N–H and O–H groups in total. The van der Waals surface area contributed by atoms with Crippen LogP contribution in [-0.2, 0) is 0 Å². The molecule has 0 fully saturated rings. The average Bonchev–Trinajstić information content (AvgIpc) is 2.65. The Hall–Kier alpha value is -1.30. The van der Waals surface area contributed by atoms with Crippen LogP contribution in [0.25, 0.3) is 11.6 Å². The summed E-state index contributed by atoms with van der Waals surface area (Å²) < 4.78 is 0. The van der Waals surface area contributed by atoms with E-state index in [-0.39, 0.29) is 0 Å². The van der Waals surface area contributed by atoms with E-state index >= 15 is 0 Å². The summed E-state index contributed by atoms with van der Waals surface area (Å²) in [6.45, 7) is 10.2. The number of fused-ring (bicyclic) bond motifs is 1. The first-order valence-electron chi connectivity index (χ1n) is 6.87. The van der Waals surface area contributed by atoms with E-state index < -0.39 is 0 Å². The zero-order valence-corrected chi connectivity index (χ0v) is 12.0. The van der Waals surface area contributed by atoms with E-state index in [1.165, 1.54) is 16.0 Å². The van der Waals surface area contributed by atoms with Gasteiger partial charge in [0.2, 0.25) is 0 Å². The highest BCUT2D eigenvalue weighted by Gasteiger charge is 1.94. The minimum atomic E-state index is 1.06. The van der Waals surface area contributed by atoms with Crippen molar-refractivity contribution in [2.24, 2.45) is 0 Å². The smallest absolute Gasteiger partial charge is 0.0155 e. The number of hydrogen-bond acceptors (Lipinski definition) is 0. The Bertz CT molecular complexity index is 435. The predicted molar refractivity (Wildman–Crippen MR) is 80.3 cm³/mol. The maximum atomic E-state index is 2.29. The van der Waals surface area contributed by atoms with E-state index in [0.717, 1.165) is 12.8 Å². The van der Waals surface area contributed by atoms with Crippen LogP contribution in [0.15, 0.2) is 36.4 Å². The Kier molecular flexibility index (Phi) is 9.14. The Labute approximate surface area is 106 Å². The Morgan fingerprint density at radius 2 is 1.65 bits per heavy atom. The largest absolute Gasteiger partial charge is 0.0804 e. The van der Waals surface area contributed by atoms with Crippen molar-refractivity contribution in [2.75, 3.05) is 0 Å². The van der Waals surface area contributed by atoms with Gasteiger partial charge in [-0.25, -0.2) is 0 Å². The number of hydrogen-bond donors (Lipinski definition) is 0. The maximum absolute atomic E-state index is 2.29. The van der Waals surface area contributed by atoms with Gasteiger partial charge in [-0.3, -0.25) is 0 Å². The first kappa shape index (κ1) is 15.7. The average molecular weight is 230 g/mol. The van der Waals surface area contributed by atoms with E-state index in [1.54, 1.807) is 0 Å². The van der Waals surface area contributed by atoms with E-state index in [2.05, 4.69) is 49.4 Å². The standard InChI is InChI=1S/C13H14.2C2H6/c1-2-11-7-3-4-8-12-9-5-6-10-13(11)12;2*1-2/h3,5-10H,2,4H2,1H3;2*1-2H3. The fourth-order valence-corrected chi connectivity index (χ4v) is 1.77. The zero-order chi connectivity index (χ0) is 13.1. The van der Waals surface area contributed by atoms with E-state index in [0.29, 0.717) is 0 Å². The van der Waals surface area contributed by atoms with Crippen LogP contribution >= 0.6 is 0 Å². The molecule has 0 aromatic heterocycles. The first-order valence-corrected chi connectivity index (χ1v) is 6.87. The van der Waals surface area contributed by atoms with Crippen LogP contribution in [-0.4, -0.2) is 0 Å². The third-order valence-corrected chi connectivity index (χ3v) is 2.48. The maximum Gasteiger partial charge on any atom is -0.0155 e. The van der Waals surface area contributed by atoms with Crippen molar-refractivity contribution in [3.63, 3.8) is 0 Å². The third-order valence-electron chi connectivity index (χ3n) is 2.48. The van der Waals surface area contributed by atoms with Gasteiger partial charge in [0.15, 0.2) is 0 Å². The molecule has 1 aliphatic carbocycles. The van der Waals surface area contributed by atoms with Gasteiger partial charge in [0.25, 0.3) is 0 Å². The van der Waals surface area contributed by atoms with E-state index in [9.17, 15) is 0 Å². The molecule has 0 spiro atoms. The summed E-state index contributed by atoms with van der Waals surface area (Å²) in [6, 6.07) is 8.62.